The van der Waals surface area contributed by atoms with Gasteiger partial charge in [0.25, 0.3) is 0 Å². The van der Waals surface area contributed by atoms with Crippen molar-refractivity contribution in [3.8, 4) is 0 Å². The smallest absolute Gasteiger partial charge is 0.335 e. The van der Waals surface area contributed by atoms with E-state index in [0.29, 0.717) is 17.4 Å². The quantitative estimate of drug-likeness (QED) is 0.627. The summed E-state index contributed by atoms with van der Waals surface area (Å²) in [6.45, 7) is 5.71. The summed E-state index contributed by atoms with van der Waals surface area (Å²) < 4.78 is 8.05. The lowest BCUT2D eigenvalue weighted by Gasteiger charge is -2.32. The first-order valence-electron chi connectivity index (χ1n) is 11.4. The van der Waals surface area contributed by atoms with E-state index in [-0.39, 0.29) is 0 Å². The van der Waals surface area contributed by atoms with Gasteiger partial charge in [0.2, 0.25) is 0 Å². The highest BCUT2D eigenvalue weighted by molar-refractivity contribution is 5.87. The SMILES string of the molecule is O=C(O)c1cccc(CN2CCC(c3cn(CC4CCOC4)c4ccccc34)CC2)c1. The summed E-state index contributed by atoms with van der Waals surface area (Å²) in [7, 11) is 0. The van der Waals surface area contributed by atoms with Gasteiger partial charge in [0.15, 0.2) is 0 Å². The van der Waals surface area contributed by atoms with Gasteiger partial charge in [-0.1, -0.05) is 30.3 Å². The lowest BCUT2D eigenvalue weighted by atomic mass is 9.89. The molecular weight excluding hydrogens is 388 g/mol. The highest BCUT2D eigenvalue weighted by atomic mass is 16.5. The summed E-state index contributed by atoms with van der Waals surface area (Å²) in [6, 6.07) is 16.1. The third-order valence-corrected chi connectivity index (χ3v) is 6.91. The van der Waals surface area contributed by atoms with E-state index in [0.717, 1.165) is 64.2 Å². The predicted octanol–water partition coefficient (Wildman–Crippen LogP) is 4.76. The van der Waals surface area contributed by atoms with Gasteiger partial charge in [-0.25, -0.2) is 4.79 Å². The third kappa shape index (κ3) is 4.39. The van der Waals surface area contributed by atoms with Crippen LogP contribution in [0.3, 0.4) is 0 Å². The zero-order chi connectivity index (χ0) is 21.2. The number of rotatable bonds is 6. The number of piperidine rings is 1. The zero-order valence-corrected chi connectivity index (χ0v) is 17.9. The minimum atomic E-state index is -0.860. The van der Waals surface area contributed by atoms with Crippen molar-refractivity contribution in [3.05, 3.63) is 71.4 Å². The Hall–Kier alpha value is -2.63. The number of hydrogen-bond acceptors (Lipinski definition) is 3. The molecule has 0 spiro atoms. The lowest BCUT2D eigenvalue weighted by molar-refractivity contribution is 0.0696. The summed E-state index contributed by atoms with van der Waals surface area (Å²) in [6.07, 6.45) is 5.83. The van der Waals surface area contributed by atoms with Crippen LogP contribution in [0.2, 0.25) is 0 Å². The van der Waals surface area contributed by atoms with Gasteiger partial charge >= 0.3 is 5.97 Å². The number of aromatic nitrogens is 1. The molecule has 0 saturated carbocycles. The van der Waals surface area contributed by atoms with Crippen LogP contribution in [0.4, 0.5) is 0 Å². The van der Waals surface area contributed by atoms with Crippen LogP contribution in [-0.2, 0) is 17.8 Å². The molecule has 0 aliphatic carbocycles. The summed E-state index contributed by atoms with van der Waals surface area (Å²) in [5, 5.41) is 10.6. The van der Waals surface area contributed by atoms with Crippen LogP contribution < -0.4 is 0 Å². The zero-order valence-electron chi connectivity index (χ0n) is 17.9. The number of fused-ring (bicyclic) bond motifs is 1. The molecule has 162 valence electrons. The number of carboxylic acid groups (broad SMARTS) is 1. The molecule has 2 saturated heterocycles. The van der Waals surface area contributed by atoms with Gasteiger partial charge in [0.1, 0.15) is 0 Å². The molecule has 3 aromatic rings. The summed E-state index contributed by atoms with van der Waals surface area (Å²) in [5.41, 5.74) is 4.28. The van der Waals surface area contributed by atoms with Crippen molar-refractivity contribution in [2.45, 2.75) is 38.3 Å². The molecule has 2 fully saturated rings. The topological polar surface area (TPSA) is 54.7 Å². The average Bonchev–Trinajstić information content (AvgIpc) is 3.43. The number of hydrogen-bond donors (Lipinski definition) is 1. The van der Waals surface area contributed by atoms with Crippen LogP contribution in [0.25, 0.3) is 10.9 Å². The van der Waals surface area contributed by atoms with Gasteiger partial charge in [-0.2, -0.15) is 0 Å². The maximum Gasteiger partial charge on any atom is 0.335 e. The Morgan fingerprint density at radius 1 is 1.06 bits per heavy atom. The van der Waals surface area contributed by atoms with Gasteiger partial charge in [0, 0.05) is 42.7 Å². The molecule has 5 rings (SSSR count). The summed E-state index contributed by atoms with van der Waals surface area (Å²) in [4.78, 5) is 13.7. The number of nitrogens with zero attached hydrogens (tertiary/aromatic N) is 2. The Labute approximate surface area is 183 Å². The van der Waals surface area contributed by atoms with Crippen LogP contribution in [0.1, 0.15) is 46.7 Å². The second-order valence-electron chi connectivity index (χ2n) is 9.04. The Kier molecular flexibility index (Phi) is 5.79. The fourth-order valence-corrected chi connectivity index (χ4v) is 5.22. The summed E-state index contributed by atoms with van der Waals surface area (Å²) >= 11 is 0. The molecule has 3 heterocycles. The largest absolute Gasteiger partial charge is 0.478 e. The van der Waals surface area contributed by atoms with Crippen molar-refractivity contribution in [1.82, 2.24) is 9.47 Å². The van der Waals surface area contributed by atoms with Crippen LogP contribution >= 0.6 is 0 Å². The fraction of sp³-hybridized carbons (Fsp3) is 0.423. The van der Waals surface area contributed by atoms with Crippen molar-refractivity contribution >= 4 is 16.9 Å². The number of para-hydroxylation sites is 1. The number of carbonyl (C=O) groups is 1. The molecule has 0 bridgehead atoms. The molecule has 1 N–H and O–H groups in total. The van der Waals surface area contributed by atoms with Crippen molar-refractivity contribution in [3.63, 3.8) is 0 Å². The molecule has 5 heteroatoms. The monoisotopic (exact) mass is 418 g/mol. The molecule has 2 aliphatic rings. The van der Waals surface area contributed by atoms with Gasteiger partial charge in [0.05, 0.1) is 12.2 Å². The molecule has 5 nitrogen and oxygen atoms in total. The minimum absolute atomic E-state index is 0.368. The first-order valence-corrected chi connectivity index (χ1v) is 11.4. The molecule has 2 aliphatic heterocycles. The molecule has 1 atom stereocenters. The third-order valence-electron chi connectivity index (χ3n) is 6.91. The van der Waals surface area contributed by atoms with E-state index in [9.17, 15) is 9.90 Å². The number of likely N-dealkylation sites (tertiary alicyclic amines) is 1. The van der Waals surface area contributed by atoms with Gasteiger partial charge < -0.3 is 14.4 Å². The van der Waals surface area contributed by atoms with Crippen molar-refractivity contribution in [1.29, 1.82) is 0 Å². The van der Waals surface area contributed by atoms with Crippen molar-refractivity contribution < 1.29 is 14.6 Å². The Morgan fingerprint density at radius 2 is 1.90 bits per heavy atom. The van der Waals surface area contributed by atoms with E-state index >= 15 is 0 Å². The normalized spacial score (nSPS) is 20.5. The first kappa shape index (κ1) is 20.3. The molecule has 1 aromatic heterocycles. The van der Waals surface area contributed by atoms with E-state index in [1.165, 1.54) is 16.5 Å². The Morgan fingerprint density at radius 3 is 2.68 bits per heavy atom. The van der Waals surface area contributed by atoms with Crippen LogP contribution in [-0.4, -0.2) is 46.8 Å². The second kappa shape index (κ2) is 8.85. The maximum absolute atomic E-state index is 11.2. The molecule has 1 unspecified atom stereocenters. The standard InChI is InChI=1S/C26H30N2O3/c29-26(30)22-5-3-4-19(14-22)15-27-11-8-21(9-12-27)24-17-28(16-20-10-13-31-18-20)25-7-2-1-6-23(24)25/h1-7,14,17,20-21H,8-13,15-16,18H2,(H,29,30). The van der Waals surface area contributed by atoms with Gasteiger partial charge in [-0.15, -0.1) is 0 Å². The van der Waals surface area contributed by atoms with E-state index < -0.39 is 5.97 Å². The van der Waals surface area contributed by atoms with Crippen LogP contribution in [0.15, 0.2) is 54.7 Å². The van der Waals surface area contributed by atoms with E-state index in [1.54, 1.807) is 12.1 Å². The van der Waals surface area contributed by atoms with Gasteiger partial charge in [-0.05, 0) is 67.6 Å². The van der Waals surface area contributed by atoms with E-state index in [2.05, 4.69) is 39.9 Å². The average molecular weight is 419 g/mol. The first-order chi connectivity index (χ1) is 15.2. The van der Waals surface area contributed by atoms with Crippen LogP contribution in [0.5, 0.6) is 0 Å². The van der Waals surface area contributed by atoms with E-state index in [4.69, 9.17) is 4.74 Å². The molecule has 2 aromatic carbocycles. The minimum Gasteiger partial charge on any atom is -0.478 e. The molecule has 31 heavy (non-hydrogen) atoms. The molecule has 0 amide bonds. The highest BCUT2D eigenvalue weighted by Gasteiger charge is 2.25. The van der Waals surface area contributed by atoms with Crippen molar-refractivity contribution in [2.75, 3.05) is 26.3 Å². The number of carboxylic acids is 1. The maximum atomic E-state index is 11.2. The second-order valence-corrected chi connectivity index (χ2v) is 9.04. The molecule has 0 radical (unpaired) electrons. The number of ether oxygens (including phenoxy) is 1. The highest BCUT2D eigenvalue weighted by Crippen LogP contribution is 2.35. The molecular formula is C26H30N2O3. The lowest BCUT2D eigenvalue weighted by Crippen LogP contribution is -2.32. The Balaban J connectivity index is 1.28. The summed E-state index contributed by atoms with van der Waals surface area (Å²) in [5.74, 6) is 0.334. The Bertz CT molecular complexity index is 1060. The van der Waals surface area contributed by atoms with Crippen LogP contribution in [0, 0.1) is 5.92 Å². The van der Waals surface area contributed by atoms with E-state index in [1.807, 2.05) is 12.1 Å². The number of benzene rings is 2. The predicted molar refractivity (Wildman–Crippen MR) is 122 cm³/mol. The van der Waals surface area contributed by atoms with Crippen molar-refractivity contribution in [2.24, 2.45) is 5.92 Å². The fourth-order valence-electron chi connectivity index (χ4n) is 5.22. The number of aromatic carboxylic acids is 1. The van der Waals surface area contributed by atoms with Gasteiger partial charge in [-0.3, -0.25) is 4.90 Å².